The molecule has 3 rings (SSSR count). The van der Waals surface area contributed by atoms with Gasteiger partial charge in [0.05, 0.1) is 11.1 Å². The van der Waals surface area contributed by atoms with Crippen LogP contribution in [0.1, 0.15) is 15.9 Å². The van der Waals surface area contributed by atoms with Crippen molar-refractivity contribution >= 4 is 28.7 Å². The maximum absolute atomic E-state index is 10.9. The van der Waals surface area contributed by atoms with E-state index in [2.05, 4.69) is 15.0 Å². The molecule has 0 bridgehead atoms. The summed E-state index contributed by atoms with van der Waals surface area (Å²) in [7, 11) is 0. The van der Waals surface area contributed by atoms with Gasteiger partial charge in [-0.25, -0.2) is 14.8 Å². The van der Waals surface area contributed by atoms with Gasteiger partial charge < -0.3 is 10.1 Å². The zero-order valence-electron chi connectivity index (χ0n) is 10.5. The maximum Gasteiger partial charge on any atom is 0.337 e. The summed E-state index contributed by atoms with van der Waals surface area (Å²) >= 11 is 6.09. The van der Waals surface area contributed by atoms with E-state index < -0.39 is 5.97 Å². The van der Waals surface area contributed by atoms with Crippen LogP contribution in [0.3, 0.4) is 0 Å². The van der Waals surface area contributed by atoms with E-state index in [1.54, 1.807) is 0 Å². The van der Waals surface area contributed by atoms with Crippen LogP contribution in [-0.2, 0) is 0 Å². The third kappa shape index (κ3) is 2.12. The number of aromatic nitrogens is 3. The Balaban J connectivity index is 2.12. The van der Waals surface area contributed by atoms with Crippen molar-refractivity contribution in [1.82, 2.24) is 15.0 Å². The molecular formula is C14H10ClN3O2. The lowest BCUT2D eigenvalue weighted by molar-refractivity contribution is 0.0696. The monoisotopic (exact) mass is 287 g/mol. The average Bonchev–Trinajstić information content (AvgIpc) is 2.84. The summed E-state index contributed by atoms with van der Waals surface area (Å²) in [6.07, 6.45) is 1.29. The number of aromatic carboxylic acids is 1. The predicted molar refractivity (Wildman–Crippen MR) is 76.0 cm³/mol. The van der Waals surface area contributed by atoms with Crippen LogP contribution in [0.5, 0.6) is 0 Å². The highest BCUT2D eigenvalue weighted by Gasteiger charge is 2.10. The number of carboxylic acid groups (broad SMARTS) is 1. The van der Waals surface area contributed by atoms with Crippen molar-refractivity contribution < 1.29 is 9.90 Å². The standard InChI is InChI=1S/C14H10ClN3O2/c1-7-2-3-8(4-10(7)15)12-17-11-5-9(14(19)20)6-16-13(11)18-12/h2-6H,1H3,(H,19,20)(H,16,17,18). The summed E-state index contributed by atoms with van der Waals surface area (Å²) in [4.78, 5) is 22.3. The largest absolute Gasteiger partial charge is 0.478 e. The Morgan fingerprint density at radius 2 is 2.15 bits per heavy atom. The molecule has 0 spiro atoms. The van der Waals surface area contributed by atoms with E-state index in [0.29, 0.717) is 22.0 Å². The van der Waals surface area contributed by atoms with Gasteiger partial charge in [0.25, 0.3) is 0 Å². The van der Waals surface area contributed by atoms with Crippen LogP contribution in [0.25, 0.3) is 22.6 Å². The second-order valence-electron chi connectivity index (χ2n) is 4.45. The number of H-pyrrole nitrogens is 1. The number of hydrogen-bond donors (Lipinski definition) is 2. The van der Waals surface area contributed by atoms with Gasteiger partial charge in [-0.05, 0) is 24.6 Å². The second kappa shape index (κ2) is 4.61. The molecule has 20 heavy (non-hydrogen) atoms. The predicted octanol–water partition coefficient (Wildman–Crippen LogP) is 3.28. The van der Waals surface area contributed by atoms with Crippen molar-refractivity contribution in [3.05, 3.63) is 46.6 Å². The quantitative estimate of drug-likeness (QED) is 0.758. The molecule has 0 atom stereocenters. The minimum absolute atomic E-state index is 0.120. The number of aryl methyl sites for hydroxylation is 1. The van der Waals surface area contributed by atoms with E-state index in [1.165, 1.54) is 12.3 Å². The first-order valence-corrected chi connectivity index (χ1v) is 6.28. The van der Waals surface area contributed by atoms with Gasteiger partial charge >= 0.3 is 5.97 Å². The Kier molecular flexibility index (Phi) is 2.91. The molecule has 1 aromatic carbocycles. The number of fused-ring (bicyclic) bond motifs is 1. The van der Waals surface area contributed by atoms with E-state index in [0.717, 1.165) is 11.1 Å². The van der Waals surface area contributed by atoms with E-state index in [9.17, 15) is 4.79 Å². The molecule has 0 aliphatic rings. The highest BCUT2D eigenvalue weighted by molar-refractivity contribution is 6.31. The van der Waals surface area contributed by atoms with Gasteiger partial charge in [-0.3, -0.25) is 0 Å². The first-order valence-electron chi connectivity index (χ1n) is 5.90. The number of benzene rings is 1. The van der Waals surface area contributed by atoms with E-state index in [4.69, 9.17) is 16.7 Å². The van der Waals surface area contributed by atoms with E-state index in [1.807, 2.05) is 25.1 Å². The zero-order valence-corrected chi connectivity index (χ0v) is 11.3. The molecule has 5 nitrogen and oxygen atoms in total. The summed E-state index contributed by atoms with van der Waals surface area (Å²) in [5.41, 5.74) is 2.99. The number of aromatic amines is 1. The molecule has 0 unspecified atom stereocenters. The molecule has 0 saturated heterocycles. The average molecular weight is 288 g/mol. The highest BCUT2D eigenvalue weighted by Crippen LogP contribution is 2.25. The van der Waals surface area contributed by atoms with Gasteiger partial charge in [0.2, 0.25) is 0 Å². The number of nitrogens with zero attached hydrogens (tertiary/aromatic N) is 2. The van der Waals surface area contributed by atoms with Gasteiger partial charge in [-0.2, -0.15) is 0 Å². The zero-order chi connectivity index (χ0) is 14.3. The maximum atomic E-state index is 10.9. The third-order valence-electron chi connectivity index (χ3n) is 3.03. The lowest BCUT2D eigenvalue weighted by Gasteiger charge is -2.00. The van der Waals surface area contributed by atoms with Crippen molar-refractivity contribution in [2.24, 2.45) is 0 Å². The van der Waals surface area contributed by atoms with E-state index in [-0.39, 0.29) is 5.56 Å². The fourth-order valence-electron chi connectivity index (χ4n) is 1.89. The van der Waals surface area contributed by atoms with E-state index >= 15 is 0 Å². The molecule has 2 aromatic heterocycles. The lowest BCUT2D eigenvalue weighted by atomic mass is 10.1. The topological polar surface area (TPSA) is 78.9 Å². The number of hydrogen-bond acceptors (Lipinski definition) is 3. The normalized spacial score (nSPS) is 10.9. The number of nitrogens with one attached hydrogen (secondary N) is 1. The van der Waals surface area contributed by atoms with Crippen LogP contribution >= 0.6 is 11.6 Å². The fraction of sp³-hybridized carbons (Fsp3) is 0.0714. The van der Waals surface area contributed by atoms with Crippen molar-refractivity contribution in [2.75, 3.05) is 0 Å². The number of carbonyl (C=O) groups is 1. The first-order chi connectivity index (χ1) is 9.54. The summed E-state index contributed by atoms with van der Waals surface area (Å²) in [5, 5.41) is 9.60. The molecule has 2 heterocycles. The van der Waals surface area contributed by atoms with Crippen molar-refractivity contribution in [1.29, 1.82) is 0 Å². The Hall–Kier alpha value is -2.40. The van der Waals surface area contributed by atoms with Crippen molar-refractivity contribution in [2.45, 2.75) is 6.92 Å². The van der Waals surface area contributed by atoms with Gasteiger partial charge in [0.1, 0.15) is 5.82 Å². The minimum Gasteiger partial charge on any atom is -0.478 e. The number of pyridine rings is 1. The molecular weight excluding hydrogens is 278 g/mol. The van der Waals surface area contributed by atoms with Crippen LogP contribution in [0.4, 0.5) is 0 Å². The third-order valence-corrected chi connectivity index (χ3v) is 3.44. The number of halogens is 1. The Morgan fingerprint density at radius 1 is 1.35 bits per heavy atom. The highest BCUT2D eigenvalue weighted by atomic mass is 35.5. The summed E-state index contributed by atoms with van der Waals surface area (Å²) in [6, 6.07) is 7.13. The fourth-order valence-corrected chi connectivity index (χ4v) is 2.07. The smallest absolute Gasteiger partial charge is 0.337 e. The molecule has 0 aliphatic heterocycles. The van der Waals surface area contributed by atoms with Gasteiger partial charge in [0, 0.05) is 16.8 Å². The van der Waals surface area contributed by atoms with Crippen LogP contribution in [0, 0.1) is 6.92 Å². The molecule has 100 valence electrons. The molecule has 0 aliphatic carbocycles. The van der Waals surface area contributed by atoms with Gasteiger partial charge in [-0.1, -0.05) is 23.7 Å². The number of imidazole rings is 1. The lowest BCUT2D eigenvalue weighted by Crippen LogP contribution is -1.96. The molecule has 0 radical (unpaired) electrons. The van der Waals surface area contributed by atoms with Crippen LogP contribution in [0.2, 0.25) is 5.02 Å². The molecule has 6 heteroatoms. The van der Waals surface area contributed by atoms with Crippen LogP contribution in [-0.4, -0.2) is 26.0 Å². The Labute approximate surface area is 119 Å². The van der Waals surface area contributed by atoms with Crippen LogP contribution in [0.15, 0.2) is 30.5 Å². The van der Waals surface area contributed by atoms with Gasteiger partial charge in [-0.15, -0.1) is 0 Å². The molecule has 0 fully saturated rings. The molecule has 0 amide bonds. The second-order valence-corrected chi connectivity index (χ2v) is 4.86. The summed E-state index contributed by atoms with van der Waals surface area (Å²) in [5.74, 6) is -0.411. The Morgan fingerprint density at radius 3 is 2.85 bits per heavy atom. The molecule has 2 N–H and O–H groups in total. The van der Waals surface area contributed by atoms with Crippen molar-refractivity contribution in [3.63, 3.8) is 0 Å². The van der Waals surface area contributed by atoms with Crippen LogP contribution < -0.4 is 0 Å². The summed E-state index contributed by atoms with van der Waals surface area (Å²) in [6.45, 7) is 1.92. The first kappa shape index (κ1) is 12.6. The van der Waals surface area contributed by atoms with Crippen molar-refractivity contribution in [3.8, 4) is 11.4 Å². The number of rotatable bonds is 2. The number of carboxylic acids is 1. The molecule has 0 saturated carbocycles. The Bertz CT molecular complexity index is 826. The summed E-state index contributed by atoms with van der Waals surface area (Å²) < 4.78 is 0. The minimum atomic E-state index is -1.02. The van der Waals surface area contributed by atoms with Gasteiger partial charge in [0.15, 0.2) is 5.65 Å². The SMILES string of the molecule is Cc1ccc(-c2nc3ncc(C(=O)O)cc3[nH]2)cc1Cl. The molecule has 3 aromatic rings.